The Hall–Kier alpha value is -1.93. The fourth-order valence-corrected chi connectivity index (χ4v) is 3.07. The third-order valence-electron chi connectivity index (χ3n) is 4.23. The highest BCUT2D eigenvalue weighted by molar-refractivity contribution is 5.92. The highest BCUT2D eigenvalue weighted by atomic mass is 16.5. The molecule has 0 aliphatic carbocycles. The van der Waals surface area contributed by atoms with Gasteiger partial charge in [-0.15, -0.1) is 0 Å². The monoisotopic (exact) mass is 321 g/mol. The van der Waals surface area contributed by atoms with Crippen molar-refractivity contribution in [1.82, 2.24) is 25.3 Å². The predicted octanol–water partition coefficient (Wildman–Crippen LogP) is -0.871. The molecule has 2 aliphatic rings. The standard InChI is InChI=1S/C15H23N5O3/c1-19-6-4-13(18-19)15(22)17-11-3-2-5-20(8-11)9-12-7-16-14(21)10-23-12/h4,6,11-12H,2-3,5,7-10H2,1H3,(H,16,21)(H,17,22). The van der Waals surface area contributed by atoms with Crippen LogP contribution < -0.4 is 10.6 Å². The first-order chi connectivity index (χ1) is 11.1. The number of morpholine rings is 1. The lowest BCUT2D eigenvalue weighted by molar-refractivity contribution is -0.134. The number of nitrogens with zero attached hydrogens (tertiary/aromatic N) is 3. The van der Waals surface area contributed by atoms with Crippen LogP contribution in [0.4, 0.5) is 0 Å². The first-order valence-corrected chi connectivity index (χ1v) is 8.01. The minimum atomic E-state index is -0.126. The molecule has 8 heteroatoms. The molecular formula is C15H23N5O3. The molecule has 2 aliphatic heterocycles. The van der Waals surface area contributed by atoms with Gasteiger partial charge in [-0.2, -0.15) is 5.10 Å². The number of hydrogen-bond acceptors (Lipinski definition) is 5. The SMILES string of the molecule is Cn1ccc(C(=O)NC2CCCN(CC3CNC(=O)CO3)C2)n1. The first kappa shape index (κ1) is 15.9. The molecular weight excluding hydrogens is 298 g/mol. The molecule has 0 saturated carbocycles. The lowest BCUT2D eigenvalue weighted by Crippen LogP contribution is -2.53. The van der Waals surface area contributed by atoms with Crippen molar-refractivity contribution in [2.75, 3.05) is 32.8 Å². The van der Waals surface area contributed by atoms with Crippen LogP contribution in [0.5, 0.6) is 0 Å². The molecule has 2 atom stereocenters. The summed E-state index contributed by atoms with van der Waals surface area (Å²) >= 11 is 0. The lowest BCUT2D eigenvalue weighted by Gasteiger charge is -2.36. The number of aromatic nitrogens is 2. The number of nitrogens with one attached hydrogen (secondary N) is 2. The minimum Gasteiger partial charge on any atom is -0.365 e. The average Bonchev–Trinajstić information content (AvgIpc) is 2.97. The normalized spacial score (nSPS) is 25.9. The van der Waals surface area contributed by atoms with Crippen LogP contribution in [0.25, 0.3) is 0 Å². The van der Waals surface area contributed by atoms with Gasteiger partial charge in [0.1, 0.15) is 12.3 Å². The molecule has 3 rings (SSSR count). The summed E-state index contributed by atoms with van der Waals surface area (Å²) in [6.07, 6.45) is 3.79. The highest BCUT2D eigenvalue weighted by Crippen LogP contribution is 2.12. The van der Waals surface area contributed by atoms with E-state index < -0.39 is 0 Å². The van der Waals surface area contributed by atoms with Crippen molar-refractivity contribution in [2.24, 2.45) is 7.05 Å². The van der Waals surface area contributed by atoms with Crippen molar-refractivity contribution < 1.29 is 14.3 Å². The molecule has 1 aromatic heterocycles. The Morgan fingerprint density at radius 1 is 1.57 bits per heavy atom. The van der Waals surface area contributed by atoms with Gasteiger partial charge in [0, 0.05) is 38.9 Å². The van der Waals surface area contributed by atoms with Gasteiger partial charge in [-0.25, -0.2) is 0 Å². The lowest BCUT2D eigenvalue weighted by atomic mass is 10.0. The van der Waals surface area contributed by atoms with E-state index in [0.717, 1.165) is 32.5 Å². The number of carbonyl (C=O) groups excluding carboxylic acids is 2. The smallest absolute Gasteiger partial charge is 0.272 e. The molecule has 0 radical (unpaired) electrons. The van der Waals surface area contributed by atoms with E-state index in [2.05, 4.69) is 20.6 Å². The van der Waals surface area contributed by atoms with Crippen molar-refractivity contribution in [3.05, 3.63) is 18.0 Å². The molecule has 2 unspecified atom stereocenters. The van der Waals surface area contributed by atoms with E-state index in [1.807, 2.05) is 0 Å². The maximum absolute atomic E-state index is 12.2. The Bertz CT molecular complexity index is 563. The number of ether oxygens (including phenoxy) is 1. The molecule has 0 spiro atoms. The second kappa shape index (κ2) is 7.10. The molecule has 1 aromatic rings. The topological polar surface area (TPSA) is 88.5 Å². The molecule has 2 fully saturated rings. The quantitative estimate of drug-likeness (QED) is 0.753. The highest BCUT2D eigenvalue weighted by Gasteiger charge is 2.26. The molecule has 2 amide bonds. The Morgan fingerprint density at radius 2 is 2.43 bits per heavy atom. The van der Waals surface area contributed by atoms with Crippen molar-refractivity contribution >= 4 is 11.8 Å². The van der Waals surface area contributed by atoms with Crippen LogP contribution in [-0.4, -0.2) is 71.4 Å². The Balaban J connectivity index is 1.48. The number of piperidine rings is 1. The van der Waals surface area contributed by atoms with Crippen LogP contribution in [0.1, 0.15) is 23.3 Å². The van der Waals surface area contributed by atoms with Crippen molar-refractivity contribution in [3.8, 4) is 0 Å². The number of likely N-dealkylation sites (tertiary alicyclic amines) is 1. The van der Waals surface area contributed by atoms with Gasteiger partial charge in [-0.1, -0.05) is 0 Å². The summed E-state index contributed by atoms with van der Waals surface area (Å²) in [5.74, 6) is -0.181. The van der Waals surface area contributed by atoms with E-state index in [1.54, 1.807) is 24.0 Å². The Kier molecular flexibility index (Phi) is 4.92. The molecule has 126 valence electrons. The molecule has 2 N–H and O–H groups in total. The number of hydrogen-bond donors (Lipinski definition) is 2. The average molecular weight is 321 g/mol. The molecule has 23 heavy (non-hydrogen) atoms. The first-order valence-electron chi connectivity index (χ1n) is 8.01. The van der Waals surface area contributed by atoms with Crippen LogP contribution in [0.15, 0.2) is 12.3 Å². The largest absolute Gasteiger partial charge is 0.365 e. The van der Waals surface area contributed by atoms with Gasteiger partial charge < -0.3 is 15.4 Å². The summed E-state index contributed by atoms with van der Waals surface area (Å²) in [5.41, 5.74) is 0.447. The Morgan fingerprint density at radius 3 is 3.13 bits per heavy atom. The van der Waals surface area contributed by atoms with Crippen LogP contribution in [0.2, 0.25) is 0 Å². The summed E-state index contributed by atoms with van der Waals surface area (Å²) in [5, 5.41) is 10.0. The van der Waals surface area contributed by atoms with E-state index in [-0.39, 0.29) is 30.6 Å². The maximum Gasteiger partial charge on any atom is 0.272 e. The van der Waals surface area contributed by atoms with E-state index in [4.69, 9.17) is 4.74 Å². The molecule has 8 nitrogen and oxygen atoms in total. The molecule has 3 heterocycles. The second-order valence-electron chi connectivity index (χ2n) is 6.18. The number of carbonyl (C=O) groups is 2. The zero-order chi connectivity index (χ0) is 16.2. The van der Waals surface area contributed by atoms with Crippen molar-refractivity contribution in [2.45, 2.75) is 25.0 Å². The van der Waals surface area contributed by atoms with Crippen LogP contribution in [0.3, 0.4) is 0 Å². The molecule has 2 saturated heterocycles. The third-order valence-corrected chi connectivity index (χ3v) is 4.23. The summed E-state index contributed by atoms with van der Waals surface area (Å²) in [4.78, 5) is 25.6. The van der Waals surface area contributed by atoms with Gasteiger partial charge in [0.15, 0.2) is 0 Å². The van der Waals surface area contributed by atoms with Gasteiger partial charge in [0.25, 0.3) is 5.91 Å². The van der Waals surface area contributed by atoms with Gasteiger partial charge >= 0.3 is 0 Å². The summed E-state index contributed by atoms with van der Waals surface area (Å²) in [7, 11) is 1.79. The molecule has 0 aromatic carbocycles. The minimum absolute atomic E-state index is 0.0259. The molecule has 0 bridgehead atoms. The van der Waals surface area contributed by atoms with Crippen LogP contribution in [-0.2, 0) is 16.6 Å². The number of amides is 2. The van der Waals surface area contributed by atoms with E-state index in [9.17, 15) is 9.59 Å². The van der Waals surface area contributed by atoms with Crippen molar-refractivity contribution in [1.29, 1.82) is 0 Å². The predicted molar refractivity (Wildman–Crippen MR) is 82.9 cm³/mol. The summed E-state index contributed by atoms with van der Waals surface area (Å²) in [6.45, 7) is 3.25. The van der Waals surface area contributed by atoms with Gasteiger partial charge in [0.2, 0.25) is 5.91 Å². The zero-order valence-electron chi connectivity index (χ0n) is 13.3. The van der Waals surface area contributed by atoms with Gasteiger partial charge in [-0.05, 0) is 25.5 Å². The van der Waals surface area contributed by atoms with E-state index in [1.165, 1.54) is 0 Å². The van der Waals surface area contributed by atoms with E-state index >= 15 is 0 Å². The maximum atomic E-state index is 12.2. The van der Waals surface area contributed by atoms with Gasteiger partial charge in [0.05, 0.1) is 6.10 Å². The Labute approximate surface area is 135 Å². The van der Waals surface area contributed by atoms with Crippen molar-refractivity contribution in [3.63, 3.8) is 0 Å². The fourth-order valence-electron chi connectivity index (χ4n) is 3.07. The number of aryl methyl sites for hydroxylation is 1. The van der Waals surface area contributed by atoms with E-state index in [0.29, 0.717) is 12.2 Å². The van der Waals surface area contributed by atoms with Crippen LogP contribution >= 0.6 is 0 Å². The summed E-state index contributed by atoms with van der Waals surface area (Å²) in [6, 6.07) is 1.84. The van der Waals surface area contributed by atoms with Crippen LogP contribution in [0, 0.1) is 0 Å². The number of rotatable bonds is 4. The zero-order valence-corrected chi connectivity index (χ0v) is 13.3. The van der Waals surface area contributed by atoms with Gasteiger partial charge in [-0.3, -0.25) is 19.2 Å². The second-order valence-corrected chi connectivity index (χ2v) is 6.18. The summed E-state index contributed by atoms with van der Waals surface area (Å²) < 4.78 is 7.15. The third kappa shape index (κ3) is 4.29. The fraction of sp³-hybridized carbons (Fsp3) is 0.667.